The molecule has 224 valence electrons. The average molecular weight is 556 g/mol. The number of ether oxygens (including phenoxy) is 1. The Bertz CT molecular complexity index is 1120. The van der Waals surface area contributed by atoms with E-state index in [-0.39, 0.29) is 45.2 Å². The molecule has 6 nitrogen and oxygen atoms in total. The number of methoxy groups -OCH3 is 1. The van der Waals surface area contributed by atoms with E-state index in [1.807, 2.05) is 0 Å². The van der Waals surface area contributed by atoms with Crippen molar-refractivity contribution in [2.75, 3.05) is 20.3 Å². The molecule has 5 rings (SSSR count). The first-order valence-electron chi connectivity index (χ1n) is 15.8. The van der Waals surface area contributed by atoms with E-state index in [1.165, 1.54) is 5.57 Å². The van der Waals surface area contributed by atoms with Gasteiger partial charge in [0.1, 0.15) is 0 Å². The standard InChI is InChI=1S/C34H53NO5/c1-29(2)13-15-34(28(38)39)16-14-32(6)22(23(34)20-29)9-10-25-31(5)19-21(27(37)35-17-18-40-8)26(36)30(3,4)24(31)11-12-33(25,32)7/h9,21,23-25H,10-20H2,1-8H3,(H,35,37)(H,38,39)/t21?,23?,24?,25?,31-,32+,33+,34-/m0/s1. The van der Waals surface area contributed by atoms with E-state index in [2.05, 4.69) is 59.9 Å². The van der Waals surface area contributed by atoms with Gasteiger partial charge in [0.05, 0.1) is 17.9 Å². The van der Waals surface area contributed by atoms with Crippen LogP contribution in [0.1, 0.15) is 106 Å². The van der Waals surface area contributed by atoms with E-state index in [9.17, 15) is 19.5 Å². The molecule has 40 heavy (non-hydrogen) atoms. The predicted molar refractivity (Wildman–Crippen MR) is 155 cm³/mol. The van der Waals surface area contributed by atoms with E-state index in [0.29, 0.717) is 25.5 Å². The molecule has 2 N–H and O–H groups in total. The van der Waals surface area contributed by atoms with Gasteiger partial charge in [-0.05, 0) is 97.2 Å². The summed E-state index contributed by atoms with van der Waals surface area (Å²) in [7, 11) is 1.61. The first kappa shape index (κ1) is 29.8. The van der Waals surface area contributed by atoms with Crippen LogP contribution < -0.4 is 5.32 Å². The van der Waals surface area contributed by atoms with Gasteiger partial charge in [-0.3, -0.25) is 14.4 Å². The summed E-state index contributed by atoms with van der Waals surface area (Å²) in [6.45, 7) is 16.9. The lowest BCUT2D eigenvalue weighted by atomic mass is 9.33. The molecule has 0 bridgehead atoms. The van der Waals surface area contributed by atoms with Crippen LogP contribution in [0.25, 0.3) is 0 Å². The van der Waals surface area contributed by atoms with Crippen LogP contribution in [0, 0.1) is 56.2 Å². The lowest BCUT2D eigenvalue weighted by Gasteiger charge is -2.70. The van der Waals surface area contributed by atoms with Gasteiger partial charge in [-0.15, -0.1) is 0 Å². The van der Waals surface area contributed by atoms with Crippen molar-refractivity contribution in [3.63, 3.8) is 0 Å². The zero-order valence-electron chi connectivity index (χ0n) is 26.2. The molecule has 5 aliphatic carbocycles. The molecule has 0 heterocycles. The van der Waals surface area contributed by atoms with Gasteiger partial charge < -0.3 is 15.2 Å². The normalized spacial score (nSPS) is 45.2. The number of nitrogens with one attached hydrogen (secondary N) is 1. The minimum Gasteiger partial charge on any atom is -0.481 e. The van der Waals surface area contributed by atoms with Gasteiger partial charge in [0.2, 0.25) is 5.91 Å². The zero-order chi connectivity index (χ0) is 29.5. The van der Waals surface area contributed by atoms with E-state index in [1.54, 1.807) is 7.11 Å². The van der Waals surface area contributed by atoms with Crippen LogP contribution in [0.15, 0.2) is 11.6 Å². The Kier molecular flexibility index (Phi) is 7.01. The second-order valence-corrected chi connectivity index (χ2v) is 16.3. The number of hydrogen-bond acceptors (Lipinski definition) is 4. The summed E-state index contributed by atoms with van der Waals surface area (Å²) >= 11 is 0. The third-order valence-corrected chi connectivity index (χ3v) is 13.7. The van der Waals surface area contributed by atoms with Crippen molar-refractivity contribution in [2.24, 2.45) is 56.2 Å². The lowest BCUT2D eigenvalue weighted by Crippen LogP contribution is -2.66. The van der Waals surface area contributed by atoms with Crippen LogP contribution >= 0.6 is 0 Å². The SMILES string of the molecule is COCCNC(=O)C1C[C@@]2(C)C(CC[C@]3(C)C2CC=C2C4CC(C)(C)CC[C@]4(C(=O)O)CC[C@]23C)C(C)(C)C1=O. The van der Waals surface area contributed by atoms with Crippen LogP contribution in [0.4, 0.5) is 0 Å². The van der Waals surface area contributed by atoms with Crippen molar-refractivity contribution >= 4 is 17.7 Å². The van der Waals surface area contributed by atoms with Gasteiger partial charge in [0, 0.05) is 19.1 Å². The van der Waals surface area contributed by atoms with E-state index in [0.717, 1.165) is 51.4 Å². The fraction of sp³-hybridized carbons (Fsp3) is 0.853. The van der Waals surface area contributed by atoms with Crippen LogP contribution in [0.3, 0.4) is 0 Å². The molecule has 0 aliphatic heterocycles. The summed E-state index contributed by atoms with van der Waals surface area (Å²) in [4.78, 5) is 40.1. The highest BCUT2D eigenvalue weighted by atomic mass is 16.5. The molecular weight excluding hydrogens is 502 g/mol. The van der Waals surface area contributed by atoms with Gasteiger partial charge in [-0.25, -0.2) is 0 Å². The zero-order valence-corrected chi connectivity index (χ0v) is 26.2. The predicted octanol–water partition coefficient (Wildman–Crippen LogP) is 6.43. The quantitative estimate of drug-likeness (QED) is 0.232. The topological polar surface area (TPSA) is 92.7 Å². The molecule has 8 atom stereocenters. The van der Waals surface area contributed by atoms with Crippen LogP contribution in [-0.2, 0) is 19.1 Å². The first-order chi connectivity index (χ1) is 18.5. The Morgan fingerprint density at radius 3 is 2.30 bits per heavy atom. The number of carboxylic acids is 1. The maximum atomic E-state index is 13.8. The summed E-state index contributed by atoms with van der Waals surface area (Å²) in [5, 5.41) is 13.6. The third-order valence-electron chi connectivity index (χ3n) is 13.7. The number of hydrogen-bond donors (Lipinski definition) is 2. The van der Waals surface area contributed by atoms with Crippen LogP contribution in [-0.4, -0.2) is 43.0 Å². The first-order valence-corrected chi connectivity index (χ1v) is 15.8. The Labute approximate surface area is 241 Å². The van der Waals surface area contributed by atoms with Crippen LogP contribution in [0.2, 0.25) is 0 Å². The summed E-state index contributed by atoms with van der Waals surface area (Å²) in [5.41, 5.74) is 0.0871. The fourth-order valence-corrected chi connectivity index (χ4v) is 11.2. The van der Waals surface area contributed by atoms with Crippen molar-refractivity contribution in [3.8, 4) is 0 Å². The van der Waals surface area contributed by atoms with Crippen molar-refractivity contribution in [1.29, 1.82) is 0 Å². The highest BCUT2D eigenvalue weighted by Gasteiger charge is 2.70. The van der Waals surface area contributed by atoms with Gasteiger partial charge in [-0.2, -0.15) is 0 Å². The molecule has 5 aliphatic rings. The molecule has 1 amide bonds. The molecule has 0 saturated heterocycles. The summed E-state index contributed by atoms with van der Waals surface area (Å²) in [5.74, 6) is -0.675. The molecule has 4 fully saturated rings. The number of allylic oxidation sites excluding steroid dienone is 2. The second kappa shape index (κ2) is 9.41. The number of rotatable bonds is 5. The maximum absolute atomic E-state index is 13.8. The van der Waals surface area contributed by atoms with Crippen molar-refractivity contribution < 1.29 is 24.2 Å². The van der Waals surface area contributed by atoms with Crippen molar-refractivity contribution in [3.05, 3.63) is 11.6 Å². The number of carbonyl (C=O) groups excluding carboxylic acids is 2. The highest BCUT2D eigenvalue weighted by molar-refractivity contribution is 6.04. The van der Waals surface area contributed by atoms with E-state index < -0.39 is 22.7 Å². The Morgan fingerprint density at radius 2 is 1.65 bits per heavy atom. The Balaban J connectivity index is 1.55. The summed E-state index contributed by atoms with van der Waals surface area (Å²) in [6, 6.07) is 0. The van der Waals surface area contributed by atoms with Gasteiger partial charge in [0.25, 0.3) is 0 Å². The lowest BCUT2D eigenvalue weighted by molar-refractivity contribution is -0.195. The van der Waals surface area contributed by atoms with Gasteiger partial charge in [-0.1, -0.05) is 60.1 Å². The van der Waals surface area contributed by atoms with E-state index >= 15 is 0 Å². The fourth-order valence-electron chi connectivity index (χ4n) is 11.2. The maximum Gasteiger partial charge on any atom is 0.310 e. The van der Waals surface area contributed by atoms with Crippen LogP contribution in [0.5, 0.6) is 0 Å². The molecule has 4 unspecified atom stereocenters. The van der Waals surface area contributed by atoms with Crippen molar-refractivity contribution in [1.82, 2.24) is 5.32 Å². The number of carbonyl (C=O) groups is 3. The largest absolute Gasteiger partial charge is 0.481 e. The minimum atomic E-state index is -0.643. The Morgan fingerprint density at radius 1 is 0.975 bits per heavy atom. The highest BCUT2D eigenvalue weighted by Crippen LogP contribution is 2.75. The molecule has 4 saturated carbocycles. The average Bonchev–Trinajstić information content (AvgIpc) is 2.86. The minimum absolute atomic E-state index is 0.0118. The molecule has 0 radical (unpaired) electrons. The summed E-state index contributed by atoms with van der Waals surface area (Å²) < 4.78 is 5.13. The number of aliphatic carboxylic acids is 1. The number of ketones is 1. The number of amides is 1. The molecular formula is C34H53NO5. The third kappa shape index (κ3) is 3.93. The second-order valence-electron chi connectivity index (χ2n) is 16.3. The Hall–Kier alpha value is -1.69. The number of carboxylic acid groups (broad SMARTS) is 1. The van der Waals surface area contributed by atoms with Crippen molar-refractivity contribution in [2.45, 2.75) is 106 Å². The molecule has 0 spiro atoms. The number of fused-ring (bicyclic) bond motifs is 7. The molecule has 0 aromatic heterocycles. The van der Waals surface area contributed by atoms with Gasteiger partial charge >= 0.3 is 5.97 Å². The number of Topliss-reactive ketones (excluding diaryl/α,β-unsaturated/α-hetero) is 1. The summed E-state index contributed by atoms with van der Waals surface area (Å²) in [6.07, 6.45) is 10.3. The van der Waals surface area contributed by atoms with E-state index in [4.69, 9.17) is 4.74 Å². The smallest absolute Gasteiger partial charge is 0.310 e. The van der Waals surface area contributed by atoms with Gasteiger partial charge in [0.15, 0.2) is 5.78 Å². The monoisotopic (exact) mass is 555 g/mol. The molecule has 0 aromatic carbocycles. The molecule has 6 heteroatoms. The molecule has 0 aromatic rings.